The molecule has 0 spiro atoms. The Kier molecular flexibility index (Phi) is 6.34. The van der Waals surface area contributed by atoms with Crippen LogP contribution in [0.4, 0.5) is 5.82 Å². The predicted molar refractivity (Wildman–Crippen MR) is 123 cm³/mol. The van der Waals surface area contributed by atoms with Crippen molar-refractivity contribution in [1.29, 1.82) is 0 Å². The van der Waals surface area contributed by atoms with Crippen LogP contribution in [0.25, 0.3) is 0 Å². The summed E-state index contributed by atoms with van der Waals surface area (Å²) >= 11 is 7.38. The zero-order valence-corrected chi connectivity index (χ0v) is 18.8. The average molecular weight is 456 g/mol. The van der Waals surface area contributed by atoms with Gasteiger partial charge in [0, 0.05) is 35.7 Å². The Morgan fingerprint density at radius 1 is 1.19 bits per heavy atom. The molecule has 1 N–H and O–H groups in total. The zero-order valence-electron chi connectivity index (χ0n) is 17.2. The monoisotopic (exact) mass is 455 g/mol. The molecule has 0 aliphatic carbocycles. The molecule has 8 heteroatoms. The van der Waals surface area contributed by atoms with Crippen molar-refractivity contribution >= 4 is 35.1 Å². The van der Waals surface area contributed by atoms with Crippen molar-refractivity contribution in [3.63, 3.8) is 0 Å². The number of nitrogens with one attached hydrogen (secondary N) is 1. The van der Waals surface area contributed by atoms with Crippen molar-refractivity contribution in [2.45, 2.75) is 30.2 Å². The molecule has 1 amide bonds. The van der Waals surface area contributed by atoms with E-state index in [1.54, 1.807) is 4.57 Å². The highest BCUT2D eigenvalue weighted by Crippen LogP contribution is 2.39. The van der Waals surface area contributed by atoms with Crippen molar-refractivity contribution in [2.75, 3.05) is 11.9 Å². The largest absolute Gasteiger partial charge is 0.494 e. The number of carbonyl (C=O) groups is 1. The summed E-state index contributed by atoms with van der Waals surface area (Å²) < 4.78 is 7.54. The molecule has 0 saturated carbocycles. The van der Waals surface area contributed by atoms with E-state index >= 15 is 0 Å². The summed E-state index contributed by atoms with van der Waals surface area (Å²) in [5.41, 5.74) is 2.04. The normalized spacial score (nSPS) is 15.3. The third-order valence-electron chi connectivity index (χ3n) is 5.18. The number of benzene rings is 2. The summed E-state index contributed by atoms with van der Waals surface area (Å²) in [6.45, 7) is 2.41. The smallest absolute Gasteiger partial charge is 0.279 e. The number of hydrogen-bond acceptors (Lipinski definition) is 5. The minimum Gasteiger partial charge on any atom is -0.494 e. The molecule has 31 heavy (non-hydrogen) atoms. The molecule has 1 aromatic heterocycles. The summed E-state index contributed by atoms with van der Waals surface area (Å²) in [6, 6.07) is 15.1. The number of ether oxygens (including phenoxy) is 1. The first-order chi connectivity index (χ1) is 15.0. The van der Waals surface area contributed by atoms with Gasteiger partial charge in [-0.25, -0.2) is 0 Å². The molecule has 0 fully saturated rings. The molecule has 6 nitrogen and oxygen atoms in total. The minimum absolute atomic E-state index is 0.140. The van der Waals surface area contributed by atoms with Gasteiger partial charge < -0.3 is 14.6 Å². The minimum atomic E-state index is -0.409. The van der Waals surface area contributed by atoms with Crippen molar-refractivity contribution in [1.82, 2.24) is 9.55 Å². The lowest BCUT2D eigenvalue weighted by molar-refractivity contribution is -0.116. The maximum absolute atomic E-state index is 13.1. The molecule has 2 heterocycles. The summed E-state index contributed by atoms with van der Waals surface area (Å²) in [5, 5.41) is 4.09. The predicted octanol–water partition coefficient (Wildman–Crippen LogP) is 4.60. The Balaban J connectivity index is 1.72. The molecule has 0 bridgehead atoms. The van der Waals surface area contributed by atoms with Gasteiger partial charge in [0.05, 0.1) is 12.2 Å². The Morgan fingerprint density at radius 2 is 1.94 bits per heavy atom. The van der Waals surface area contributed by atoms with Gasteiger partial charge in [0.25, 0.3) is 5.56 Å². The summed E-state index contributed by atoms with van der Waals surface area (Å²) in [7, 11) is 1.81. The highest BCUT2D eigenvalue weighted by molar-refractivity contribution is 7.98. The quantitative estimate of drug-likeness (QED) is 0.434. The van der Waals surface area contributed by atoms with E-state index < -0.39 is 5.92 Å². The van der Waals surface area contributed by atoms with Gasteiger partial charge in [0.15, 0.2) is 5.16 Å². The standard InChI is InChI=1S/C23H22ClN3O3S/c1-3-30-18-7-5-4-6-16(18)17-12-19(28)25-21-20(17)22(29)26-23(27(21)2)31-13-14-8-10-15(24)11-9-14/h4-11,17H,3,12-13H2,1-2H3,(H,25,28). The van der Waals surface area contributed by atoms with Crippen LogP contribution in [0.1, 0.15) is 36.0 Å². The molecule has 2 aromatic carbocycles. The first-order valence-electron chi connectivity index (χ1n) is 9.97. The van der Waals surface area contributed by atoms with Crippen LogP contribution in [0.3, 0.4) is 0 Å². The van der Waals surface area contributed by atoms with Crippen LogP contribution in [0, 0.1) is 0 Å². The highest BCUT2D eigenvalue weighted by Gasteiger charge is 2.33. The summed E-state index contributed by atoms with van der Waals surface area (Å²) in [6.07, 6.45) is 0.172. The number of carbonyl (C=O) groups excluding carboxylic acids is 1. The second-order valence-electron chi connectivity index (χ2n) is 7.21. The van der Waals surface area contributed by atoms with Gasteiger partial charge >= 0.3 is 0 Å². The van der Waals surface area contributed by atoms with E-state index in [0.29, 0.717) is 39.7 Å². The fourth-order valence-electron chi connectivity index (χ4n) is 3.71. The Morgan fingerprint density at radius 3 is 2.68 bits per heavy atom. The lowest BCUT2D eigenvalue weighted by Crippen LogP contribution is -2.33. The van der Waals surface area contributed by atoms with Gasteiger partial charge in [-0.1, -0.05) is 53.7 Å². The average Bonchev–Trinajstić information content (AvgIpc) is 2.76. The van der Waals surface area contributed by atoms with Crippen LogP contribution in [-0.4, -0.2) is 22.1 Å². The lowest BCUT2D eigenvalue weighted by atomic mass is 9.86. The Labute approximate surface area is 189 Å². The molecule has 4 rings (SSSR count). The van der Waals surface area contributed by atoms with Crippen LogP contribution in [0.5, 0.6) is 5.75 Å². The maximum atomic E-state index is 13.1. The number of halogens is 1. The van der Waals surface area contributed by atoms with E-state index in [1.807, 2.05) is 62.5 Å². The molecule has 1 aliphatic heterocycles. The lowest BCUT2D eigenvalue weighted by Gasteiger charge is -2.28. The van der Waals surface area contributed by atoms with Crippen LogP contribution in [0.15, 0.2) is 58.5 Å². The molecule has 0 saturated heterocycles. The van der Waals surface area contributed by atoms with E-state index in [2.05, 4.69) is 10.3 Å². The van der Waals surface area contributed by atoms with Gasteiger partial charge in [-0.3, -0.25) is 9.59 Å². The first-order valence-corrected chi connectivity index (χ1v) is 11.3. The number of anilines is 1. The fraction of sp³-hybridized carbons (Fsp3) is 0.261. The Bertz CT molecular complexity index is 1180. The third-order valence-corrected chi connectivity index (χ3v) is 6.53. The first kappa shape index (κ1) is 21.5. The topological polar surface area (TPSA) is 73.2 Å². The number of amides is 1. The van der Waals surface area contributed by atoms with Crippen molar-refractivity contribution in [3.05, 3.63) is 80.6 Å². The number of thioether (sulfide) groups is 1. The number of rotatable bonds is 6. The van der Waals surface area contributed by atoms with Crippen molar-refractivity contribution in [3.8, 4) is 5.75 Å². The fourth-order valence-corrected chi connectivity index (χ4v) is 4.76. The van der Waals surface area contributed by atoms with Crippen LogP contribution >= 0.6 is 23.4 Å². The van der Waals surface area contributed by atoms with Gasteiger partial charge in [0.1, 0.15) is 11.6 Å². The van der Waals surface area contributed by atoms with Gasteiger partial charge in [-0.15, -0.1) is 0 Å². The molecule has 3 aromatic rings. The highest BCUT2D eigenvalue weighted by atomic mass is 35.5. The summed E-state index contributed by atoms with van der Waals surface area (Å²) in [5.74, 6) is 1.25. The third kappa shape index (κ3) is 4.48. The second-order valence-corrected chi connectivity index (χ2v) is 8.59. The molecular weight excluding hydrogens is 434 g/mol. The van der Waals surface area contributed by atoms with Crippen molar-refractivity contribution < 1.29 is 9.53 Å². The van der Waals surface area contributed by atoms with Crippen LogP contribution < -0.4 is 15.6 Å². The van der Waals surface area contributed by atoms with Gasteiger partial charge in [-0.2, -0.15) is 4.98 Å². The van der Waals surface area contributed by atoms with E-state index in [4.69, 9.17) is 16.3 Å². The van der Waals surface area contributed by atoms with Crippen LogP contribution in [0.2, 0.25) is 5.02 Å². The molecular formula is C23H22ClN3O3S. The Hall–Kier alpha value is -2.77. The van der Waals surface area contributed by atoms with E-state index in [1.165, 1.54) is 11.8 Å². The molecule has 1 atom stereocenters. The number of hydrogen-bond donors (Lipinski definition) is 1. The SMILES string of the molecule is CCOc1ccccc1C1CC(=O)Nc2c1c(=O)nc(SCc1ccc(Cl)cc1)n2C. The number of para-hydroxylation sites is 1. The molecule has 1 aliphatic rings. The molecule has 160 valence electrons. The van der Waals surface area contributed by atoms with Crippen molar-refractivity contribution in [2.24, 2.45) is 7.05 Å². The van der Waals surface area contributed by atoms with Gasteiger partial charge in [0.2, 0.25) is 5.91 Å². The van der Waals surface area contributed by atoms with Crippen LogP contribution in [-0.2, 0) is 17.6 Å². The zero-order chi connectivity index (χ0) is 22.0. The number of aromatic nitrogens is 2. The summed E-state index contributed by atoms with van der Waals surface area (Å²) in [4.78, 5) is 30.0. The van der Waals surface area contributed by atoms with E-state index in [9.17, 15) is 9.59 Å². The van der Waals surface area contributed by atoms with E-state index in [-0.39, 0.29) is 17.9 Å². The molecule has 0 radical (unpaired) electrons. The second kappa shape index (κ2) is 9.16. The number of fused-ring (bicyclic) bond motifs is 1. The molecule has 1 unspecified atom stereocenters. The maximum Gasteiger partial charge on any atom is 0.279 e. The van der Waals surface area contributed by atoms with Gasteiger partial charge in [-0.05, 0) is 30.7 Å². The number of nitrogens with zero attached hydrogens (tertiary/aromatic N) is 2. The van der Waals surface area contributed by atoms with E-state index in [0.717, 1.165) is 11.1 Å².